The number of carbonyl (C=O) groups is 1. The van der Waals surface area contributed by atoms with Gasteiger partial charge in [0.1, 0.15) is 24.1 Å². The second kappa shape index (κ2) is 8.50. The Balaban J connectivity index is 1.28. The van der Waals surface area contributed by atoms with Gasteiger partial charge in [0.25, 0.3) is 5.91 Å². The number of anilines is 1. The van der Waals surface area contributed by atoms with Crippen LogP contribution >= 0.6 is 0 Å². The number of para-hydroxylation sites is 2. The quantitative estimate of drug-likeness (QED) is 0.734. The van der Waals surface area contributed by atoms with Crippen LogP contribution in [0.3, 0.4) is 0 Å². The van der Waals surface area contributed by atoms with Gasteiger partial charge in [0.2, 0.25) is 0 Å². The highest BCUT2D eigenvalue weighted by Crippen LogP contribution is 2.51. The van der Waals surface area contributed by atoms with Gasteiger partial charge in [-0.15, -0.1) is 0 Å². The summed E-state index contributed by atoms with van der Waals surface area (Å²) in [5.41, 5.74) is 0.589. The Bertz CT molecular complexity index is 879. The van der Waals surface area contributed by atoms with Crippen molar-refractivity contribution < 1.29 is 33.2 Å². The second-order valence-electron chi connectivity index (χ2n) is 9.92. The van der Waals surface area contributed by atoms with E-state index in [4.69, 9.17) is 28.4 Å². The first-order valence-corrected chi connectivity index (χ1v) is 12.4. The average molecular weight is 460 g/mol. The zero-order valence-electron chi connectivity index (χ0n) is 19.1. The summed E-state index contributed by atoms with van der Waals surface area (Å²) in [6.07, 6.45) is 7.02. The summed E-state index contributed by atoms with van der Waals surface area (Å²) in [6.45, 7) is 0. The first-order valence-electron chi connectivity index (χ1n) is 12.4. The summed E-state index contributed by atoms with van der Waals surface area (Å²) in [4.78, 5) is 13.5. The molecule has 8 nitrogen and oxygen atoms in total. The molecular formula is C25H33NO7. The van der Waals surface area contributed by atoms with Crippen molar-refractivity contribution in [2.24, 2.45) is 0 Å². The van der Waals surface area contributed by atoms with E-state index in [1.807, 2.05) is 18.2 Å². The van der Waals surface area contributed by atoms with Gasteiger partial charge in [0, 0.05) is 25.7 Å². The van der Waals surface area contributed by atoms with Gasteiger partial charge in [0.15, 0.2) is 24.0 Å². The zero-order valence-corrected chi connectivity index (χ0v) is 19.1. The SMILES string of the molecule is COc1ccccc1NC(=O)[C@@H]1O[C@@H]2OC3(CCCCC3)O[C@H]2[C@H]2OC3(CCCCC3)O[C@@H]21. The molecule has 6 rings (SSSR count). The molecule has 0 radical (unpaired) electrons. The van der Waals surface area contributed by atoms with Gasteiger partial charge in [-0.1, -0.05) is 25.0 Å². The molecule has 1 aromatic carbocycles. The third-order valence-corrected chi connectivity index (χ3v) is 7.73. The van der Waals surface area contributed by atoms with Gasteiger partial charge in [-0.3, -0.25) is 4.79 Å². The Morgan fingerprint density at radius 3 is 2.15 bits per heavy atom. The van der Waals surface area contributed by atoms with Crippen LogP contribution in [0.4, 0.5) is 5.69 Å². The fourth-order valence-corrected chi connectivity index (χ4v) is 6.12. The molecule has 1 amide bonds. The predicted molar refractivity (Wildman–Crippen MR) is 118 cm³/mol. The molecule has 180 valence electrons. The Kier molecular flexibility index (Phi) is 5.62. The number of amides is 1. The molecular weight excluding hydrogens is 426 g/mol. The van der Waals surface area contributed by atoms with Crippen molar-refractivity contribution in [1.29, 1.82) is 0 Å². The van der Waals surface area contributed by atoms with E-state index in [-0.39, 0.29) is 5.91 Å². The third kappa shape index (κ3) is 3.86. The second-order valence-corrected chi connectivity index (χ2v) is 9.92. The van der Waals surface area contributed by atoms with E-state index in [2.05, 4.69) is 5.32 Å². The summed E-state index contributed by atoms with van der Waals surface area (Å²) < 4.78 is 37.7. The van der Waals surface area contributed by atoms with E-state index < -0.39 is 42.3 Å². The molecule has 5 atom stereocenters. The van der Waals surface area contributed by atoms with E-state index in [0.29, 0.717) is 11.4 Å². The zero-order chi connectivity index (χ0) is 22.5. The highest BCUT2D eigenvalue weighted by Gasteiger charge is 2.65. The van der Waals surface area contributed by atoms with Crippen LogP contribution in [0, 0.1) is 0 Å². The summed E-state index contributed by atoms with van der Waals surface area (Å²) in [7, 11) is 1.58. The fraction of sp³-hybridized carbons (Fsp3) is 0.720. The Hall–Kier alpha value is -1.71. The first kappa shape index (κ1) is 21.8. The highest BCUT2D eigenvalue weighted by atomic mass is 16.9. The lowest BCUT2D eigenvalue weighted by molar-refractivity contribution is -0.246. The molecule has 5 aliphatic rings. The van der Waals surface area contributed by atoms with Crippen molar-refractivity contribution in [3.63, 3.8) is 0 Å². The lowest BCUT2D eigenvalue weighted by Crippen LogP contribution is -2.58. The third-order valence-electron chi connectivity index (χ3n) is 7.73. The molecule has 0 bridgehead atoms. The molecule has 3 saturated heterocycles. The van der Waals surface area contributed by atoms with Crippen LogP contribution in [0.1, 0.15) is 64.2 Å². The maximum Gasteiger partial charge on any atom is 0.256 e. The van der Waals surface area contributed by atoms with E-state index in [0.717, 1.165) is 51.4 Å². The fourth-order valence-electron chi connectivity index (χ4n) is 6.12. The van der Waals surface area contributed by atoms with E-state index in [9.17, 15) is 4.79 Å². The number of benzene rings is 1. The van der Waals surface area contributed by atoms with Crippen molar-refractivity contribution in [2.45, 2.75) is 106 Å². The molecule has 5 fully saturated rings. The topological polar surface area (TPSA) is 84.5 Å². The van der Waals surface area contributed by atoms with Gasteiger partial charge in [-0.2, -0.15) is 0 Å². The summed E-state index contributed by atoms with van der Waals surface area (Å²) in [5, 5.41) is 2.97. The lowest BCUT2D eigenvalue weighted by atomic mass is 9.94. The maximum absolute atomic E-state index is 13.5. The van der Waals surface area contributed by atoms with E-state index in [1.54, 1.807) is 13.2 Å². The smallest absolute Gasteiger partial charge is 0.256 e. The number of hydrogen-bond donors (Lipinski definition) is 1. The van der Waals surface area contributed by atoms with Crippen LogP contribution < -0.4 is 10.1 Å². The summed E-state index contributed by atoms with van der Waals surface area (Å²) in [5.74, 6) is -1.01. The Morgan fingerprint density at radius 2 is 1.45 bits per heavy atom. The van der Waals surface area contributed by atoms with Crippen LogP contribution in [-0.2, 0) is 28.5 Å². The van der Waals surface area contributed by atoms with Crippen molar-refractivity contribution in [3.8, 4) is 5.75 Å². The number of carbonyl (C=O) groups excluding carboxylic acids is 1. The maximum atomic E-state index is 13.5. The van der Waals surface area contributed by atoms with E-state index >= 15 is 0 Å². The highest BCUT2D eigenvalue weighted by molar-refractivity contribution is 5.96. The minimum Gasteiger partial charge on any atom is -0.495 e. The van der Waals surface area contributed by atoms with Gasteiger partial charge >= 0.3 is 0 Å². The molecule has 8 heteroatoms. The Morgan fingerprint density at radius 1 is 0.848 bits per heavy atom. The molecule has 0 aromatic heterocycles. The molecule has 1 aromatic rings. The molecule has 33 heavy (non-hydrogen) atoms. The number of ether oxygens (including phenoxy) is 6. The molecule has 3 aliphatic heterocycles. The van der Waals surface area contributed by atoms with Crippen molar-refractivity contribution in [3.05, 3.63) is 24.3 Å². The van der Waals surface area contributed by atoms with Gasteiger partial charge in [0.05, 0.1) is 12.8 Å². The monoisotopic (exact) mass is 459 g/mol. The van der Waals surface area contributed by atoms with Gasteiger partial charge in [-0.25, -0.2) is 0 Å². The standard InChI is InChI=1S/C25H33NO7/c1-28-17-11-5-4-10-16(17)26-22(27)20-18-19(31-24(30-18)12-6-2-7-13-24)21-23(29-20)33-25(32-21)14-8-3-9-15-25/h4-5,10-11,18-21,23H,2-3,6-9,12-15H2,1H3,(H,26,27)/t18-,19-,20+,21-,23+/m0/s1. The molecule has 2 saturated carbocycles. The average Bonchev–Trinajstić information content (AvgIpc) is 3.37. The number of methoxy groups -OCH3 is 1. The minimum absolute atomic E-state index is 0.294. The molecule has 2 aliphatic carbocycles. The van der Waals surface area contributed by atoms with E-state index in [1.165, 1.54) is 12.8 Å². The summed E-state index contributed by atoms with van der Waals surface area (Å²) in [6, 6.07) is 7.33. The first-order chi connectivity index (χ1) is 16.1. The molecule has 1 N–H and O–H groups in total. The number of fused-ring (bicyclic) bond motifs is 3. The number of nitrogens with one attached hydrogen (secondary N) is 1. The van der Waals surface area contributed by atoms with Crippen molar-refractivity contribution >= 4 is 11.6 Å². The van der Waals surface area contributed by atoms with Crippen LogP contribution in [-0.4, -0.2) is 55.3 Å². The predicted octanol–water partition coefficient (Wildman–Crippen LogP) is 3.88. The normalized spacial score (nSPS) is 36.3. The molecule has 0 unspecified atom stereocenters. The van der Waals surface area contributed by atoms with Crippen LogP contribution in [0.5, 0.6) is 5.75 Å². The van der Waals surface area contributed by atoms with Crippen LogP contribution in [0.25, 0.3) is 0 Å². The number of hydrogen-bond acceptors (Lipinski definition) is 7. The van der Waals surface area contributed by atoms with Gasteiger partial charge in [-0.05, 0) is 37.8 Å². The lowest BCUT2D eigenvalue weighted by Gasteiger charge is -2.36. The van der Waals surface area contributed by atoms with Crippen LogP contribution in [0.2, 0.25) is 0 Å². The largest absolute Gasteiger partial charge is 0.495 e. The van der Waals surface area contributed by atoms with Gasteiger partial charge < -0.3 is 33.7 Å². The van der Waals surface area contributed by atoms with Crippen molar-refractivity contribution in [2.75, 3.05) is 12.4 Å². The van der Waals surface area contributed by atoms with Crippen molar-refractivity contribution in [1.82, 2.24) is 0 Å². The number of rotatable bonds is 3. The summed E-state index contributed by atoms with van der Waals surface area (Å²) >= 11 is 0. The van der Waals surface area contributed by atoms with Crippen LogP contribution in [0.15, 0.2) is 24.3 Å². The Labute approximate surface area is 194 Å². The molecule has 3 heterocycles. The minimum atomic E-state index is -0.871. The molecule has 2 spiro atoms.